The highest BCUT2D eigenvalue weighted by Gasteiger charge is 2.41. The number of rotatable bonds is 3. The molecule has 1 saturated carbocycles. The van der Waals surface area contributed by atoms with E-state index < -0.39 is 0 Å². The summed E-state index contributed by atoms with van der Waals surface area (Å²) in [6.07, 6.45) is 2.61. The van der Waals surface area contributed by atoms with Gasteiger partial charge in [0.1, 0.15) is 0 Å². The Kier molecular flexibility index (Phi) is 3.78. The summed E-state index contributed by atoms with van der Waals surface area (Å²) in [7, 11) is 2.10. The molecule has 106 valence electrons. The molecule has 0 aliphatic heterocycles. The van der Waals surface area contributed by atoms with Crippen LogP contribution < -0.4 is 5.32 Å². The number of thioether (sulfide) groups is 1. The fraction of sp³-hybridized carbons (Fsp3) is 0.444. The van der Waals surface area contributed by atoms with E-state index in [0.29, 0.717) is 16.7 Å². The first-order valence-electron chi connectivity index (χ1n) is 7.43. The topological polar surface area (TPSA) is 12.0 Å². The number of benzene rings is 2. The molecule has 0 amide bonds. The van der Waals surface area contributed by atoms with Crippen molar-refractivity contribution in [3.8, 4) is 0 Å². The molecule has 0 bridgehead atoms. The van der Waals surface area contributed by atoms with E-state index in [9.17, 15) is 0 Å². The van der Waals surface area contributed by atoms with Gasteiger partial charge in [-0.3, -0.25) is 0 Å². The van der Waals surface area contributed by atoms with E-state index in [1.165, 1.54) is 28.5 Å². The van der Waals surface area contributed by atoms with Crippen LogP contribution in [0.15, 0.2) is 47.4 Å². The third kappa shape index (κ3) is 2.59. The molecule has 0 radical (unpaired) electrons. The molecular formula is C18H23NS. The highest BCUT2D eigenvalue weighted by Crippen LogP contribution is 2.45. The molecule has 0 saturated heterocycles. The second-order valence-electron chi connectivity index (χ2n) is 6.46. The predicted octanol–water partition coefficient (Wildman–Crippen LogP) is 4.71. The molecule has 1 nitrogen and oxygen atoms in total. The average molecular weight is 285 g/mol. The van der Waals surface area contributed by atoms with Gasteiger partial charge in [0.2, 0.25) is 0 Å². The zero-order valence-electron chi connectivity index (χ0n) is 12.5. The molecule has 1 fully saturated rings. The van der Waals surface area contributed by atoms with E-state index in [2.05, 4.69) is 68.7 Å². The van der Waals surface area contributed by atoms with Crippen molar-refractivity contribution in [1.29, 1.82) is 0 Å². The van der Waals surface area contributed by atoms with Gasteiger partial charge in [-0.15, -0.1) is 11.8 Å². The molecule has 2 unspecified atom stereocenters. The Hall–Kier alpha value is -0.990. The molecule has 2 aromatic carbocycles. The van der Waals surface area contributed by atoms with Crippen LogP contribution in [-0.2, 0) is 0 Å². The van der Waals surface area contributed by atoms with Crippen LogP contribution in [0.2, 0.25) is 0 Å². The molecule has 0 aromatic heterocycles. The standard InChI is InChI=1S/C18H23NS/c1-18(2)11-10-16(17(18)19-3)20-15-9-8-13-6-4-5-7-14(13)12-15/h4-9,12,16-17,19H,10-11H2,1-3H3. The van der Waals surface area contributed by atoms with E-state index >= 15 is 0 Å². The second-order valence-corrected chi connectivity index (χ2v) is 7.77. The Morgan fingerprint density at radius 3 is 2.60 bits per heavy atom. The molecule has 20 heavy (non-hydrogen) atoms. The van der Waals surface area contributed by atoms with Gasteiger partial charge in [0.25, 0.3) is 0 Å². The average Bonchev–Trinajstić information content (AvgIpc) is 2.73. The van der Waals surface area contributed by atoms with Crippen molar-refractivity contribution < 1.29 is 0 Å². The quantitative estimate of drug-likeness (QED) is 0.876. The van der Waals surface area contributed by atoms with Crippen LogP contribution in [0.25, 0.3) is 10.8 Å². The van der Waals surface area contributed by atoms with Crippen molar-refractivity contribution in [1.82, 2.24) is 5.32 Å². The van der Waals surface area contributed by atoms with E-state index in [1.54, 1.807) is 0 Å². The van der Waals surface area contributed by atoms with Gasteiger partial charge in [-0.2, -0.15) is 0 Å². The third-order valence-corrected chi connectivity index (χ3v) is 5.94. The van der Waals surface area contributed by atoms with Gasteiger partial charge in [-0.1, -0.05) is 44.2 Å². The Labute approximate surface area is 126 Å². The van der Waals surface area contributed by atoms with Gasteiger partial charge in [0, 0.05) is 16.2 Å². The van der Waals surface area contributed by atoms with Gasteiger partial charge in [-0.05, 0) is 48.2 Å². The van der Waals surface area contributed by atoms with Gasteiger partial charge >= 0.3 is 0 Å². The van der Waals surface area contributed by atoms with E-state index in [1.807, 2.05) is 11.8 Å². The summed E-state index contributed by atoms with van der Waals surface area (Å²) in [6.45, 7) is 4.77. The van der Waals surface area contributed by atoms with Crippen LogP contribution in [0, 0.1) is 5.41 Å². The number of hydrogen-bond acceptors (Lipinski definition) is 2. The fourth-order valence-electron chi connectivity index (χ4n) is 3.46. The van der Waals surface area contributed by atoms with Gasteiger partial charge < -0.3 is 5.32 Å². The fourth-order valence-corrected chi connectivity index (χ4v) is 5.03. The Morgan fingerprint density at radius 2 is 1.85 bits per heavy atom. The zero-order valence-corrected chi connectivity index (χ0v) is 13.3. The van der Waals surface area contributed by atoms with Crippen LogP contribution in [0.5, 0.6) is 0 Å². The largest absolute Gasteiger partial charge is 0.315 e. The first kappa shape index (κ1) is 14.0. The molecule has 1 aliphatic carbocycles. The summed E-state index contributed by atoms with van der Waals surface area (Å²) < 4.78 is 0. The molecule has 1 N–H and O–H groups in total. The van der Waals surface area contributed by atoms with E-state index in [-0.39, 0.29) is 0 Å². The second kappa shape index (κ2) is 5.42. The van der Waals surface area contributed by atoms with Crippen molar-refractivity contribution in [2.24, 2.45) is 5.41 Å². The van der Waals surface area contributed by atoms with Crippen molar-refractivity contribution in [2.45, 2.75) is 42.9 Å². The first-order valence-corrected chi connectivity index (χ1v) is 8.31. The lowest BCUT2D eigenvalue weighted by Crippen LogP contribution is -2.41. The molecule has 2 aromatic rings. The van der Waals surface area contributed by atoms with E-state index in [0.717, 1.165) is 0 Å². The summed E-state index contributed by atoms with van der Waals surface area (Å²) in [5, 5.41) is 6.89. The minimum absolute atomic E-state index is 0.406. The minimum Gasteiger partial charge on any atom is -0.315 e. The molecule has 2 heteroatoms. The lowest BCUT2D eigenvalue weighted by molar-refractivity contribution is 0.300. The minimum atomic E-state index is 0.406. The lowest BCUT2D eigenvalue weighted by Gasteiger charge is -2.30. The third-order valence-electron chi connectivity index (χ3n) is 4.61. The first-order chi connectivity index (χ1) is 9.60. The van der Waals surface area contributed by atoms with Crippen molar-refractivity contribution in [3.05, 3.63) is 42.5 Å². The molecule has 1 aliphatic rings. The molecule has 3 rings (SSSR count). The summed E-state index contributed by atoms with van der Waals surface area (Å²) in [5.41, 5.74) is 0.406. The maximum atomic E-state index is 3.54. The number of fused-ring (bicyclic) bond motifs is 1. The SMILES string of the molecule is CNC1C(Sc2ccc3ccccc3c2)CCC1(C)C. The van der Waals surface area contributed by atoms with Gasteiger partial charge in [0.05, 0.1) is 0 Å². The van der Waals surface area contributed by atoms with Gasteiger partial charge in [0.15, 0.2) is 0 Å². The maximum Gasteiger partial charge on any atom is 0.0253 e. The molecule has 2 atom stereocenters. The summed E-state index contributed by atoms with van der Waals surface area (Å²) in [5.74, 6) is 0. The molecule has 0 heterocycles. The molecular weight excluding hydrogens is 262 g/mol. The highest BCUT2D eigenvalue weighted by molar-refractivity contribution is 8.00. The van der Waals surface area contributed by atoms with Crippen LogP contribution in [0.1, 0.15) is 26.7 Å². The lowest BCUT2D eigenvalue weighted by atomic mass is 9.87. The van der Waals surface area contributed by atoms with Crippen molar-refractivity contribution >= 4 is 22.5 Å². The zero-order chi connectivity index (χ0) is 14.2. The van der Waals surface area contributed by atoms with Crippen LogP contribution in [0.3, 0.4) is 0 Å². The summed E-state index contributed by atoms with van der Waals surface area (Å²) >= 11 is 2.04. The highest BCUT2D eigenvalue weighted by atomic mass is 32.2. The summed E-state index contributed by atoms with van der Waals surface area (Å²) in [4.78, 5) is 1.40. The maximum absolute atomic E-state index is 3.54. The van der Waals surface area contributed by atoms with Crippen molar-refractivity contribution in [2.75, 3.05) is 7.05 Å². The van der Waals surface area contributed by atoms with E-state index in [4.69, 9.17) is 0 Å². The van der Waals surface area contributed by atoms with Crippen LogP contribution >= 0.6 is 11.8 Å². The normalized spacial score (nSPS) is 25.1. The monoisotopic (exact) mass is 285 g/mol. The van der Waals surface area contributed by atoms with Crippen LogP contribution in [-0.4, -0.2) is 18.3 Å². The summed E-state index contributed by atoms with van der Waals surface area (Å²) in [6, 6.07) is 16.0. The molecule has 0 spiro atoms. The van der Waals surface area contributed by atoms with Gasteiger partial charge in [-0.25, -0.2) is 0 Å². The predicted molar refractivity (Wildman–Crippen MR) is 89.5 cm³/mol. The number of hydrogen-bond donors (Lipinski definition) is 1. The number of nitrogens with one attached hydrogen (secondary N) is 1. The Balaban J connectivity index is 1.83. The van der Waals surface area contributed by atoms with Crippen molar-refractivity contribution in [3.63, 3.8) is 0 Å². The van der Waals surface area contributed by atoms with Crippen LogP contribution in [0.4, 0.5) is 0 Å². The Morgan fingerprint density at radius 1 is 1.10 bits per heavy atom. The Bertz CT molecular complexity index is 605. The smallest absolute Gasteiger partial charge is 0.0253 e.